The number of pyridine rings is 1. The first-order chi connectivity index (χ1) is 14.5. The highest BCUT2D eigenvalue weighted by atomic mass is 32.1. The molecule has 0 aliphatic rings. The Morgan fingerprint density at radius 2 is 1.90 bits per heavy atom. The standard InChI is InChI=1S/C17H11N9O2S2/c1-7-9(6-18)5-11-13(19-7)16(29-26-11)23-21-10-3-4-12(27)14(15(10)28)22-24-17-20-8(2)25-30-17/h3-5,23H,1-2H3,(H,20,24,25)/b21-10+,22-14+. The van der Waals surface area contributed by atoms with E-state index in [1.54, 1.807) is 19.9 Å². The molecule has 11 nitrogen and oxygen atoms in total. The van der Waals surface area contributed by atoms with Gasteiger partial charge in [-0.3, -0.25) is 20.4 Å². The van der Waals surface area contributed by atoms with E-state index in [9.17, 15) is 9.59 Å². The Kier molecular flexibility index (Phi) is 5.09. The van der Waals surface area contributed by atoms with Gasteiger partial charge in [0.2, 0.25) is 16.0 Å². The van der Waals surface area contributed by atoms with Crippen LogP contribution in [-0.2, 0) is 0 Å². The van der Waals surface area contributed by atoms with Crippen molar-refractivity contribution in [3.63, 3.8) is 0 Å². The molecule has 4 aromatic rings. The second kappa shape index (κ2) is 7.85. The molecule has 0 bridgehead atoms. The largest absolute Gasteiger partial charge is 0.287 e. The van der Waals surface area contributed by atoms with Gasteiger partial charge in [-0.05, 0) is 43.6 Å². The van der Waals surface area contributed by atoms with Crippen molar-refractivity contribution in [1.82, 2.24) is 18.7 Å². The summed E-state index contributed by atoms with van der Waals surface area (Å²) in [6.45, 7) is 3.44. The quantitative estimate of drug-likeness (QED) is 0.433. The van der Waals surface area contributed by atoms with Crippen molar-refractivity contribution >= 4 is 44.2 Å². The highest BCUT2D eigenvalue weighted by molar-refractivity contribution is 7.11. The molecule has 148 valence electrons. The first-order valence-corrected chi connectivity index (χ1v) is 9.93. The van der Waals surface area contributed by atoms with Crippen LogP contribution < -0.4 is 32.4 Å². The van der Waals surface area contributed by atoms with Crippen LogP contribution in [-0.4, -0.2) is 18.7 Å². The average molecular weight is 437 g/mol. The van der Waals surface area contributed by atoms with Gasteiger partial charge in [0.05, 0.1) is 11.3 Å². The van der Waals surface area contributed by atoms with Gasteiger partial charge in [-0.2, -0.15) is 24.2 Å². The van der Waals surface area contributed by atoms with Crippen LogP contribution in [0.1, 0.15) is 17.1 Å². The number of hydrogen-bond acceptors (Lipinski definition) is 13. The Morgan fingerprint density at radius 3 is 2.63 bits per heavy atom. The van der Waals surface area contributed by atoms with Crippen LogP contribution in [0.4, 0.5) is 10.1 Å². The summed E-state index contributed by atoms with van der Waals surface area (Å²) in [7, 11) is 0. The molecular weight excluding hydrogens is 426 g/mol. The fourth-order valence-electron chi connectivity index (χ4n) is 2.45. The normalized spacial score (nSPS) is 12.3. The highest BCUT2D eigenvalue weighted by Crippen LogP contribution is 2.27. The minimum atomic E-state index is -0.645. The zero-order chi connectivity index (χ0) is 21.3. The first kappa shape index (κ1) is 19.4. The predicted molar refractivity (Wildman–Crippen MR) is 111 cm³/mol. The number of aromatic nitrogens is 4. The Bertz CT molecular complexity index is 1540. The van der Waals surface area contributed by atoms with Crippen LogP contribution in [0.5, 0.6) is 0 Å². The van der Waals surface area contributed by atoms with Gasteiger partial charge < -0.3 is 0 Å². The third kappa shape index (κ3) is 3.69. The summed E-state index contributed by atoms with van der Waals surface area (Å²) in [5, 5.41) is 17.6. The second-order valence-electron chi connectivity index (χ2n) is 5.97. The van der Waals surface area contributed by atoms with Gasteiger partial charge in [-0.25, -0.2) is 9.97 Å². The van der Waals surface area contributed by atoms with Gasteiger partial charge in [0.1, 0.15) is 28.3 Å². The van der Waals surface area contributed by atoms with E-state index in [2.05, 4.69) is 45.8 Å². The summed E-state index contributed by atoms with van der Waals surface area (Å²) in [4.78, 5) is 33.1. The maximum Gasteiger partial charge on any atom is 0.237 e. The molecule has 0 unspecified atom stereocenters. The molecule has 2 N–H and O–H groups in total. The van der Waals surface area contributed by atoms with E-state index in [4.69, 9.17) is 5.26 Å². The Labute approximate surface area is 175 Å². The van der Waals surface area contributed by atoms with E-state index < -0.39 is 10.9 Å². The summed E-state index contributed by atoms with van der Waals surface area (Å²) in [5.74, 6) is 0.554. The monoisotopic (exact) mass is 437 g/mol. The number of benzene rings is 1. The molecule has 3 heterocycles. The highest BCUT2D eigenvalue weighted by Gasteiger charge is 2.11. The van der Waals surface area contributed by atoms with Gasteiger partial charge in [0.25, 0.3) is 0 Å². The fraction of sp³-hybridized carbons (Fsp3) is 0.118. The molecule has 0 aliphatic carbocycles. The van der Waals surface area contributed by atoms with Crippen LogP contribution in [0.2, 0.25) is 0 Å². The van der Waals surface area contributed by atoms with Crippen molar-refractivity contribution < 1.29 is 0 Å². The number of nitrogens with one attached hydrogen (secondary N) is 2. The lowest BCUT2D eigenvalue weighted by Crippen LogP contribution is -2.47. The summed E-state index contributed by atoms with van der Waals surface area (Å²) in [6.07, 6.45) is 0. The van der Waals surface area contributed by atoms with Crippen molar-refractivity contribution in [3.8, 4) is 6.07 Å². The zero-order valence-electron chi connectivity index (χ0n) is 15.5. The molecule has 30 heavy (non-hydrogen) atoms. The molecule has 4 rings (SSSR count). The van der Waals surface area contributed by atoms with E-state index in [0.29, 0.717) is 38.2 Å². The third-order valence-corrected chi connectivity index (χ3v) is 5.37. The molecule has 13 heteroatoms. The van der Waals surface area contributed by atoms with E-state index in [1.165, 1.54) is 12.1 Å². The number of aryl methyl sites for hydroxylation is 2. The van der Waals surface area contributed by atoms with Crippen molar-refractivity contribution in [2.45, 2.75) is 13.8 Å². The van der Waals surface area contributed by atoms with Gasteiger partial charge in [0, 0.05) is 11.5 Å². The molecule has 0 radical (unpaired) electrons. The minimum absolute atomic E-state index is 0.00416. The van der Waals surface area contributed by atoms with Crippen LogP contribution in [0.15, 0.2) is 38.0 Å². The predicted octanol–water partition coefficient (Wildman–Crippen LogP) is 0.483. The molecule has 0 aliphatic heterocycles. The topological polar surface area (TPSA) is 158 Å². The maximum absolute atomic E-state index is 12.6. The molecule has 0 saturated carbocycles. The summed E-state index contributed by atoms with van der Waals surface area (Å²) in [6, 6.07) is 6.22. The number of anilines is 2. The maximum atomic E-state index is 12.6. The SMILES string of the molecule is Cc1nsc(N/N=c2\c(=O)cc/c(=N\Nc3snc4cc(C#N)c(C)nc34)c2=O)n1. The van der Waals surface area contributed by atoms with Crippen molar-refractivity contribution in [3.05, 3.63) is 66.4 Å². The van der Waals surface area contributed by atoms with E-state index >= 15 is 0 Å². The lowest BCUT2D eigenvalue weighted by atomic mass is 10.2. The van der Waals surface area contributed by atoms with Crippen LogP contribution in [0.25, 0.3) is 11.0 Å². The smallest absolute Gasteiger partial charge is 0.237 e. The summed E-state index contributed by atoms with van der Waals surface area (Å²) < 4.78 is 8.22. The van der Waals surface area contributed by atoms with Crippen LogP contribution >= 0.6 is 23.1 Å². The third-order valence-electron chi connectivity index (χ3n) is 3.91. The number of nitriles is 1. The van der Waals surface area contributed by atoms with Crippen LogP contribution in [0.3, 0.4) is 0 Å². The molecule has 0 saturated heterocycles. The molecule has 0 atom stereocenters. The number of nitrogens with zero attached hydrogens (tertiary/aromatic N) is 7. The lowest BCUT2D eigenvalue weighted by Gasteiger charge is -1.98. The Balaban J connectivity index is 1.71. The molecule has 0 fully saturated rings. The van der Waals surface area contributed by atoms with Gasteiger partial charge in [-0.15, -0.1) is 0 Å². The minimum Gasteiger partial charge on any atom is -0.287 e. The van der Waals surface area contributed by atoms with E-state index in [-0.39, 0.29) is 10.7 Å². The van der Waals surface area contributed by atoms with Crippen molar-refractivity contribution in [2.75, 3.05) is 10.9 Å². The molecule has 0 spiro atoms. The molecule has 0 amide bonds. The number of fused-ring (bicyclic) bond motifs is 1. The lowest BCUT2D eigenvalue weighted by molar-refractivity contribution is 1.09. The summed E-state index contributed by atoms with van der Waals surface area (Å²) in [5.41, 5.74) is 6.22. The van der Waals surface area contributed by atoms with Crippen molar-refractivity contribution in [1.29, 1.82) is 5.26 Å². The van der Waals surface area contributed by atoms with Crippen LogP contribution in [0, 0.1) is 25.2 Å². The first-order valence-electron chi connectivity index (χ1n) is 8.38. The van der Waals surface area contributed by atoms with E-state index in [0.717, 1.165) is 23.1 Å². The Morgan fingerprint density at radius 1 is 1.07 bits per heavy atom. The second-order valence-corrected chi connectivity index (χ2v) is 7.49. The fourth-order valence-corrected chi connectivity index (χ4v) is 3.62. The summed E-state index contributed by atoms with van der Waals surface area (Å²) >= 11 is 2.15. The number of rotatable bonds is 4. The molecular formula is C17H11N9O2S2. The van der Waals surface area contributed by atoms with E-state index in [1.807, 2.05) is 0 Å². The Hall–Kier alpha value is -3.89. The van der Waals surface area contributed by atoms with Gasteiger partial charge >= 0.3 is 0 Å². The van der Waals surface area contributed by atoms with Gasteiger partial charge in [0.15, 0.2) is 10.4 Å². The van der Waals surface area contributed by atoms with Gasteiger partial charge in [-0.1, -0.05) is 0 Å². The molecule has 1 aromatic carbocycles. The van der Waals surface area contributed by atoms with Crippen molar-refractivity contribution in [2.24, 2.45) is 10.2 Å². The zero-order valence-corrected chi connectivity index (χ0v) is 17.1. The average Bonchev–Trinajstić information content (AvgIpc) is 3.32. The number of hydrogen-bond donors (Lipinski definition) is 2. The molecule has 3 aromatic heterocycles.